The van der Waals surface area contributed by atoms with E-state index < -0.39 is 0 Å². The van der Waals surface area contributed by atoms with E-state index in [1.807, 2.05) is 62.4 Å². The lowest BCUT2D eigenvalue weighted by molar-refractivity contribution is -0.134. The smallest absolute Gasteiger partial charge is 0.311 e. The highest BCUT2D eigenvalue weighted by Gasteiger charge is 2.17. The number of nitrogens with one attached hydrogen (secondary N) is 1. The largest absolute Gasteiger partial charge is 0.426 e. The van der Waals surface area contributed by atoms with Crippen molar-refractivity contribution in [3.63, 3.8) is 0 Å². The highest BCUT2D eigenvalue weighted by molar-refractivity contribution is 6.09. The summed E-state index contributed by atoms with van der Waals surface area (Å²) in [6.45, 7) is 3.90. The molecule has 0 saturated heterocycles. The first kappa shape index (κ1) is 17.7. The molecule has 0 aliphatic rings. The predicted octanol–water partition coefficient (Wildman–Crippen LogP) is 5.11. The molecule has 1 amide bonds. The molecule has 4 heteroatoms. The second-order valence-electron chi connectivity index (χ2n) is 6.24. The molecule has 0 aromatic heterocycles. The Kier molecular flexibility index (Phi) is 5.32. The van der Waals surface area contributed by atoms with E-state index in [1.165, 1.54) is 0 Å². The topological polar surface area (TPSA) is 55.4 Å². The molecule has 132 valence electrons. The van der Waals surface area contributed by atoms with Crippen LogP contribution in [0.4, 0.5) is 5.69 Å². The van der Waals surface area contributed by atoms with Crippen LogP contribution < -0.4 is 10.1 Å². The lowest BCUT2D eigenvalue weighted by Crippen LogP contribution is -2.16. The molecule has 3 aromatic rings. The number of anilines is 1. The van der Waals surface area contributed by atoms with E-state index in [1.54, 1.807) is 12.1 Å². The predicted molar refractivity (Wildman–Crippen MR) is 104 cm³/mol. The van der Waals surface area contributed by atoms with Gasteiger partial charge in [-0.3, -0.25) is 9.59 Å². The normalized spacial score (nSPS) is 10.5. The maximum absolute atomic E-state index is 12.8. The summed E-state index contributed by atoms with van der Waals surface area (Å²) in [7, 11) is 0. The van der Waals surface area contributed by atoms with Crippen LogP contribution in [0.1, 0.15) is 35.7 Å². The van der Waals surface area contributed by atoms with Crippen LogP contribution in [0.5, 0.6) is 5.75 Å². The van der Waals surface area contributed by atoms with Gasteiger partial charge in [0.2, 0.25) is 0 Å². The molecule has 0 aliphatic carbocycles. The van der Waals surface area contributed by atoms with Crippen molar-refractivity contribution < 1.29 is 14.3 Å². The van der Waals surface area contributed by atoms with E-state index in [2.05, 4.69) is 5.32 Å². The molecule has 0 atom stereocenters. The second-order valence-corrected chi connectivity index (χ2v) is 6.24. The van der Waals surface area contributed by atoms with Crippen molar-refractivity contribution in [3.05, 3.63) is 71.8 Å². The van der Waals surface area contributed by atoms with Gasteiger partial charge in [-0.2, -0.15) is 0 Å². The van der Waals surface area contributed by atoms with Gasteiger partial charge in [-0.05, 0) is 48.4 Å². The molecule has 0 radical (unpaired) electrons. The van der Waals surface area contributed by atoms with E-state index in [0.717, 1.165) is 16.3 Å². The Hall–Kier alpha value is -3.14. The quantitative estimate of drug-likeness (QED) is 0.516. The molecule has 0 saturated carbocycles. The second kappa shape index (κ2) is 7.83. The van der Waals surface area contributed by atoms with Gasteiger partial charge in [0.15, 0.2) is 0 Å². The van der Waals surface area contributed by atoms with Gasteiger partial charge in [-0.25, -0.2) is 0 Å². The fourth-order valence-corrected chi connectivity index (χ4v) is 2.69. The molecule has 1 N–H and O–H groups in total. The number of rotatable bonds is 5. The first-order valence-electron chi connectivity index (χ1n) is 8.68. The summed E-state index contributed by atoms with van der Waals surface area (Å²) in [4.78, 5) is 24.8. The molecule has 26 heavy (non-hydrogen) atoms. The van der Waals surface area contributed by atoms with Gasteiger partial charge in [0, 0.05) is 12.1 Å². The average molecular weight is 347 g/mol. The van der Waals surface area contributed by atoms with E-state index in [-0.39, 0.29) is 17.6 Å². The van der Waals surface area contributed by atoms with Crippen LogP contribution in [0.3, 0.4) is 0 Å². The van der Waals surface area contributed by atoms with Crippen LogP contribution in [0.25, 0.3) is 10.8 Å². The van der Waals surface area contributed by atoms with Crippen LogP contribution in [-0.2, 0) is 4.79 Å². The third kappa shape index (κ3) is 4.09. The van der Waals surface area contributed by atoms with Gasteiger partial charge in [-0.15, -0.1) is 0 Å². The Morgan fingerprint density at radius 1 is 0.962 bits per heavy atom. The third-order valence-corrected chi connectivity index (χ3v) is 4.08. The van der Waals surface area contributed by atoms with Crippen LogP contribution in [-0.4, -0.2) is 11.9 Å². The highest BCUT2D eigenvalue weighted by atomic mass is 16.5. The van der Waals surface area contributed by atoms with Crippen molar-refractivity contribution in [2.45, 2.75) is 26.7 Å². The van der Waals surface area contributed by atoms with E-state index in [4.69, 9.17) is 4.74 Å². The number of esters is 1. The Balaban J connectivity index is 1.96. The molecule has 0 aliphatic heterocycles. The van der Waals surface area contributed by atoms with Crippen LogP contribution in [0, 0.1) is 6.92 Å². The number of amides is 1. The number of carbonyl (C=O) groups excluding carboxylic acids is 2. The summed E-state index contributed by atoms with van der Waals surface area (Å²) in [5.74, 6) is -0.363. The minimum absolute atomic E-state index is 0.284. The zero-order chi connectivity index (χ0) is 18.5. The summed E-state index contributed by atoms with van der Waals surface area (Å²) in [6, 6.07) is 18.7. The SMILES string of the molecule is CCCC(=O)Oc1cc2ccccc2cc1C(=O)Nc1ccc(C)cc1. The summed E-state index contributed by atoms with van der Waals surface area (Å²) < 4.78 is 5.47. The number of hydrogen-bond donors (Lipinski definition) is 1. The van der Waals surface area contributed by atoms with Gasteiger partial charge >= 0.3 is 5.97 Å². The fraction of sp³-hybridized carbons (Fsp3) is 0.182. The van der Waals surface area contributed by atoms with E-state index >= 15 is 0 Å². The molecule has 3 aromatic carbocycles. The summed E-state index contributed by atoms with van der Waals surface area (Å²) in [6.07, 6.45) is 1.00. The molecular formula is C22H21NO3. The average Bonchev–Trinajstić information content (AvgIpc) is 2.63. The third-order valence-electron chi connectivity index (χ3n) is 4.08. The molecular weight excluding hydrogens is 326 g/mol. The van der Waals surface area contributed by atoms with Crippen molar-refractivity contribution in [2.75, 3.05) is 5.32 Å². The van der Waals surface area contributed by atoms with Gasteiger partial charge in [0.05, 0.1) is 5.56 Å². The number of carbonyl (C=O) groups is 2. The molecule has 4 nitrogen and oxygen atoms in total. The first-order valence-corrected chi connectivity index (χ1v) is 8.68. The molecule has 0 unspecified atom stereocenters. The van der Waals surface area contributed by atoms with E-state index in [9.17, 15) is 9.59 Å². The van der Waals surface area contributed by atoms with E-state index in [0.29, 0.717) is 24.1 Å². The summed E-state index contributed by atoms with van der Waals surface area (Å²) in [5, 5.41) is 4.69. The van der Waals surface area contributed by atoms with Crippen molar-refractivity contribution in [2.24, 2.45) is 0 Å². The number of hydrogen-bond acceptors (Lipinski definition) is 3. The maximum atomic E-state index is 12.8. The highest BCUT2D eigenvalue weighted by Crippen LogP contribution is 2.27. The van der Waals surface area contributed by atoms with Crippen molar-refractivity contribution in [1.82, 2.24) is 0 Å². The van der Waals surface area contributed by atoms with Crippen molar-refractivity contribution >= 4 is 28.3 Å². The summed E-state index contributed by atoms with van der Waals surface area (Å²) in [5.41, 5.74) is 2.15. The van der Waals surface area contributed by atoms with Crippen LogP contribution in [0.15, 0.2) is 60.7 Å². The van der Waals surface area contributed by atoms with Crippen molar-refractivity contribution in [3.8, 4) is 5.75 Å². The Labute approximate surface area is 152 Å². The standard InChI is InChI=1S/C22H21NO3/c1-3-6-21(24)26-20-14-17-8-5-4-7-16(17)13-19(20)22(25)23-18-11-9-15(2)10-12-18/h4-5,7-14H,3,6H2,1-2H3,(H,23,25). The molecule has 0 spiro atoms. The molecule has 0 fully saturated rings. The number of aryl methyl sites for hydroxylation is 1. The van der Waals surface area contributed by atoms with Crippen LogP contribution in [0.2, 0.25) is 0 Å². The first-order chi connectivity index (χ1) is 12.6. The maximum Gasteiger partial charge on any atom is 0.311 e. The zero-order valence-corrected chi connectivity index (χ0v) is 14.9. The monoisotopic (exact) mass is 347 g/mol. The molecule has 0 bridgehead atoms. The van der Waals surface area contributed by atoms with Gasteiger partial charge < -0.3 is 10.1 Å². The van der Waals surface area contributed by atoms with Gasteiger partial charge in [0.25, 0.3) is 5.91 Å². The van der Waals surface area contributed by atoms with Gasteiger partial charge in [0.1, 0.15) is 5.75 Å². The Morgan fingerprint density at radius 3 is 2.27 bits per heavy atom. The minimum Gasteiger partial charge on any atom is -0.426 e. The lowest BCUT2D eigenvalue weighted by Gasteiger charge is -2.12. The molecule has 0 heterocycles. The zero-order valence-electron chi connectivity index (χ0n) is 14.9. The van der Waals surface area contributed by atoms with Crippen molar-refractivity contribution in [1.29, 1.82) is 0 Å². The Morgan fingerprint density at radius 2 is 1.62 bits per heavy atom. The number of benzene rings is 3. The number of ether oxygens (including phenoxy) is 1. The minimum atomic E-state index is -0.341. The fourth-order valence-electron chi connectivity index (χ4n) is 2.69. The summed E-state index contributed by atoms with van der Waals surface area (Å²) >= 11 is 0. The lowest BCUT2D eigenvalue weighted by atomic mass is 10.0. The van der Waals surface area contributed by atoms with Gasteiger partial charge in [-0.1, -0.05) is 48.9 Å². The van der Waals surface area contributed by atoms with Crippen LogP contribution >= 0.6 is 0 Å². The molecule has 3 rings (SSSR count). The Bertz CT molecular complexity index is 945. The number of fused-ring (bicyclic) bond motifs is 1.